The first-order chi connectivity index (χ1) is 8.79. The van der Waals surface area contributed by atoms with Crippen molar-refractivity contribution in [1.29, 1.82) is 0 Å². The predicted molar refractivity (Wildman–Crippen MR) is 67.9 cm³/mol. The van der Waals surface area contributed by atoms with Gasteiger partial charge in [0.1, 0.15) is 6.61 Å². The molecule has 3 nitrogen and oxygen atoms in total. The Kier molecular flexibility index (Phi) is 4.10. The highest BCUT2D eigenvalue weighted by atomic mass is 16.5. The number of esters is 1. The molecule has 0 unspecified atom stereocenters. The molecule has 92 valence electrons. The van der Waals surface area contributed by atoms with Crippen LogP contribution in [0.4, 0.5) is 0 Å². The van der Waals surface area contributed by atoms with Crippen molar-refractivity contribution in [3.63, 3.8) is 0 Å². The molecule has 0 bridgehead atoms. The van der Waals surface area contributed by atoms with Crippen molar-refractivity contribution in [2.24, 2.45) is 0 Å². The van der Waals surface area contributed by atoms with Gasteiger partial charge in [0.25, 0.3) is 0 Å². The van der Waals surface area contributed by atoms with Crippen LogP contribution in [0.15, 0.2) is 54.6 Å². The number of benzene rings is 2. The van der Waals surface area contributed by atoms with Crippen molar-refractivity contribution in [1.82, 2.24) is 0 Å². The first kappa shape index (κ1) is 12.3. The van der Waals surface area contributed by atoms with Gasteiger partial charge in [0.15, 0.2) is 0 Å². The summed E-state index contributed by atoms with van der Waals surface area (Å²) in [6.45, 7) is 0.253. The molecule has 0 saturated carbocycles. The van der Waals surface area contributed by atoms with Crippen LogP contribution in [0.3, 0.4) is 0 Å². The lowest BCUT2D eigenvalue weighted by molar-refractivity contribution is 0.0472. The largest absolute Gasteiger partial charge is 0.457 e. The quantitative estimate of drug-likeness (QED) is 0.838. The first-order valence-corrected chi connectivity index (χ1v) is 5.70. The van der Waals surface area contributed by atoms with E-state index >= 15 is 0 Å². The van der Waals surface area contributed by atoms with E-state index in [-0.39, 0.29) is 19.2 Å². The number of carbonyl (C=O) groups excluding carboxylic acids is 1. The van der Waals surface area contributed by atoms with E-state index in [2.05, 4.69) is 0 Å². The summed E-state index contributed by atoms with van der Waals surface area (Å²) in [6.07, 6.45) is 0. The molecule has 0 aliphatic carbocycles. The average molecular weight is 242 g/mol. The maximum Gasteiger partial charge on any atom is 0.338 e. The number of ether oxygens (including phenoxy) is 1. The summed E-state index contributed by atoms with van der Waals surface area (Å²) in [5, 5.41) is 8.91. The number of carbonyl (C=O) groups is 1. The Morgan fingerprint density at radius 2 is 1.56 bits per heavy atom. The molecule has 3 heteroatoms. The number of aliphatic hydroxyl groups excluding tert-OH is 1. The highest BCUT2D eigenvalue weighted by molar-refractivity contribution is 5.89. The SMILES string of the molecule is O=C(OCc1ccc(CO)cc1)c1ccccc1. The first-order valence-electron chi connectivity index (χ1n) is 5.70. The zero-order valence-corrected chi connectivity index (χ0v) is 9.87. The van der Waals surface area contributed by atoms with E-state index in [1.807, 2.05) is 30.3 Å². The van der Waals surface area contributed by atoms with Gasteiger partial charge in [-0.1, -0.05) is 42.5 Å². The van der Waals surface area contributed by atoms with Gasteiger partial charge in [-0.15, -0.1) is 0 Å². The molecule has 0 aromatic heterocycles. The van der Waals surface area contributed by atoms with Crippen LogP contribution in [0.1, 0.15) is 21.5 Å². The Morgan fingerprint density at radius 3 is 2.17 bits per heavy atom. The summed E-state index contributed by atoms with van der Waals surface area (Å²) < 4.78 is 5.19. The number of rotatable bonds is 4. The maximum absolute atomic E-state index is 11.7. The predicted octanol–water partition coefficient (Wildman–Crippen LogP) is 2.54. The Bertz CT molecular complexity index is 503. The number of hydrogen-bond acceptors (Lipinski definition) is 3. The highest BCUT2D eigenvalue weighted by Crippen LogP contribution is 2.08. The van der Waals surface area contributed by atoms with E-state index in [4.69, 9.17) is 9.84 Å². The lowest BCUT2D eigenvalue weighted by Gasteiger charge is -2.05. The molecule has 0 fully saturated rings. The molecular formula is C15H14O3. The van der Waals surface area contributed by atoms with Crippen molar-refractivity contribution in [2.45, 2.75) is 13.2 Å². The fourth-order valence-corrected chi connectivity index (χ4v) is 1.55. The van der Waals surface area contributed by atoms with Gasteiger partial charge >= 0.3 is 5.97 Å². The average Bonchev–Trinajstić information content (AvgIpc) is 2.46. The molecule has 2 aromatic rings. The zero-order valence-electron chi connectivity index (χ0n) is 9.87. The van der Waals surface area contributed by atoms with Crippen molar-refractivity contribution in [3.05, 3.63) is 71.3 Å². The molecule has 2 rings (SSSR count). The second-order valence-corrected chi connectivity index (χ2v) is 3.92. The van der Waals surface area contributed by atoms with Gasteiger partial charge in [0, 0.05) is 0 Å². The van der Waals surface area contributed by atoms with Gasteiger partial charge in [-0.2, -0.15) is 0 Å². The van der Waals surface area contributed by atoms with Crippen molar-refractivity contribution in [2.75, 3.05) is 0 Å². The Labute approximate surface area is 106 Å². The third kappa shape index (κ3) is 3.18. The van der Waals surface area contributed by atoms with E-state index in [1.165, 1.54) is 0 Å². The highest BCUT2D eigenvalue weighted by Gasteiger charge is 2.05. The van der Waals surface area contributed by atoms with Gasteiger partial charge in [0.05, 0.1) is 12.2 Å². The van der Waals surface area contributed by atoms with E-state index in [9.17, 15) is 4.79 Å². The molecule has 0 radical (unpaired) electrons. The topological polar surface area (TPSA) is 46.5 Å². The van der Waals surface area contributed by atoms with Crippen molar-refractivity contribution >= 4 is 5.97 Å². The second kappa shape index (κ2) is 5.98. The molecule has 2 aromatic carbocycles. The van der Waals surface area contributed by atoms with Crippen LogP contribution in [-0.2, 0) is 18.0 Å². The minimum Gasteiger partial charge on any atom is -0.457 e. The second-order valence-electron chi connectivity index (χ2n) is 3.92. The van der Waals surface area contributed by atoms with Crippen molar-refractivity contribution < 1.29 is 14.6 Å². The van der Waals surface area contributed by atoms with Crippen molar-refractivity contribution in [3.8, 4) is 0 Å². The van der Waals surface area contributed by atoms with Gasteiger partial charge in [-0.25, -0.2) is 4.79 Å². The van der Waals surface area contributed by atoms with E-state index < -0.39 is 0 Å². The van der Waals surface area contributed by atoms with Crippen LogP contribution < -0.4 is 0 Å². The lowest BCUT2D eigenvalue weighted by atomic mass is 10.1. The van der Waals surface area contributed by atoms with E-state index in [0.717, 1.165) is 11.1 Å². The fourth-order valence-electron chi connectivity index (χ4n) is 1.55. The minimum absolute atomic E-state index is 0.0179. The zero-order chi connectivity index (χ0) is 12.8. The summed E-state index contributed by atoms with van der Waals surface area (Å²) in [7, 11) is 0. The smallest absolute Gasteiger partial charge is 0.338 e. The molecule has 0 atom stereocenters. The molecular weight excluding hydrogens is 228 g/mol. The third-order valence-electron chi connectivity index (χ3n) is 2.58. The summed E-state index contributed by atoms with van der Waals surface area (Å²) in [6, 6.07) is 16.2. The molecule has 18 heavy (non-hydrogen) atoms. The molecule has 0 spiro atoms. The summed E-state index contributed by atoms with van der Waals surface area (Å²) in [4.78, 5) is 11.7. The van der Waals surface area contributed by atoms with Gasteiger partial charge < -0.3 is 9.84 Å². The fraction of sp³-hybridized carbons (Fsp3) is 0.133. The molecule has 0 amide bonds. The van der Waals surface area contributed by atoms with Gasteiger partial charge in [-0.3, -0.25) is 0 Å². The van der Waals surface area contributed by atoms with E-state index in [0.29, 0.717) is 5.56 Å². The maximum atomic E-state index is 11.7. The summed E-state index contributed by atoms with van der Waals surface area (Å²) in [5.41, 5.74) is 2.29. The van der Waals surface area contributed by atoms with Crippen LogP contribution in [0.5, 0.6) is 0 Å². The normalized spacial score (nSPS) is 10.1. The summed E-state index contributed by atoms with van der Waals surface area (Å²) >= 11 is 0. The molecule has 0 saturated heterocycles. The number of hydrogen-bond donors (Lipinski definition) is 1. The van der Waals surface area contributed by atoms with Gasteiger partial charge in [0.2, 0.25) is 0 Å². The molecule has 0 aliphatic rings. The summed E-state index contributed by atoms with van der Waals surface area (Å²) in [5.74, 6) is -0.332. The molecule has 0 heterocycles. The monoisotopic (exact) mass is 242 g/mol. The lowest BCUT2D eigenvalue weighted by Crippen LogP contribution is -2.04. The number of aliphatic hydroxyl groups is 1. The van der Waals surface area contributed by atoms with Crippen LogP contribution in [0, 0.1) is 0 Å². The van der Waals surface area contributed by atoms with Crippen LogP contribution >= 0.6 is 0 Å². The Hall–Kier alpha value is -2.13. The Balaban J connectivity index is 1.93. The van der Waals surface area contributed by atoms with E-state index in [1.54, 1.807) is 24.3 Å². The van der Waals surface area contributed by atoms with Gasteiger partial charge in [-0.05, 0) is 23.3 Å². The van der Waals surface area contributed by atoms with Crippen LogP contribution in [-0.4, -0.2) is 11.1 Å². The minimum atomic E-state index is -0.332. The Morgan fingerprint density at radius 1 is 0.944 bits per heavy atom. The molecule has 1 N–H and O–H groups in total. The molecule has 0 aliphatic heterocycles. The van der Waals surface area contributed by atoms with Crippen LogP contribution in [0.25, 0.3) is 0 Å². The van der Waals surface area contributed by atoms with Crippen LogP contribution in [0.2, 0.25) is 0 Å². The third-order valence-corrected chi connectivity index (χ3v) is 2.58. The standard InChI is InChI=1S/C15H14O3/c16-10-12-6-8-13(9-7-12)11-18-15(17)14-4-2-1-3-5-14/h1-9,16H,10-11H2.